The predicted molar refractivity (Wildman–Crippen MR) is 77.8 cm³/mol. The fourth-order valence-corrected chi connectivity index (χ4v) is 2.39. The van der Waals surface area contributed by atoms with Crippen molar-refractivity contribution in [3.63, 3.8) is 0 Å². The molecule has 0 spiro atoms. The molecule has 100 valence electrons. The van der Waals surface area contributed by atoms with Gasteiger partial charge in [0.25, 0.3) is 0 Å². The molecule has 3 nitrogen and oxygen atoms in total. The molecule has 0 aliphatic rings. The number of esters is 1. The van der Waals surface area contributed by atoms with E-state index in [4.69, 9.17) is 9.47 Å². The molecular formula is C13H16Br2O3. The number of para-hydroxylation sites is 1. The van der Waals surface area contributed by atoms with Crippen molar-refractivity contribution in [2.45, 2.75) is 39.4 Å². The van der Waals surface area contributed by atoms with Gasteiger partial charge in [-0.25, -0.2) is 4.79 Å². The molecule has 1 aromatic rings. The summed E-state index contributed by atoms with van der Waals surface area (Å²) < 4.78 is 12.4. The van der Waals surface area contributed by atoms with Gasteiger partial charge in [0.1, 0.15) is 11.4 Å². The molecule has 0 aliphatic heterocycles. The van der Waals surface area contributed by atoms with Crippen LogP contribution < -0.4 is 4.74 Å². The molecule has 0 amide bonds. The maximum atomic E-state index is 11.8. The molecule has 1 unspecified atom stereocenters. The highest BCUT2D eigenvalue weighted by atomic mass is 79.9. The third kappa shape index (κ3) is 4.61. The molecule has 1 rings (SSSR count). The molecule has 0 aromatic heterocycles. The second-order valence-corrected chi connectivity index (χ2v) is 6.55. The van der Waals surface area contributed by atoms with Gasteiger partial charge in [-0.15, -0.1) is 0 Å². The van der Waals surface area contributed by atoms with E-state index < -0.39 is 11.7 Å². The molecule has 0 N–H and O–H groups in total. The number of hydrogen-bond acceptors (Lipinski definition) is 3. The number of ether oxygens (including phenoxy) is 2. The van der Waals surface area contributed by atoms with Crippen molar-refractivity contribution in [3.8, 4) is 5.75 Å². The fraction of sp³-hybridized carbons (Fsp3) is 0.462. The van der Waals surface area contributed by atoms with E-state index in [-0.39, 0.29) is 5.97 Å². The Morgan fingerprint density at radius 1 is 1.22 bits per heavy atom. The van der Waals surface area contributed by atoms with Crippen molar-refractivity contribution in [1.29, 1.82) is 0 Å². The zero-order chi connectivity index (χ0) is 13.9. The third-order valence-electron chi connectivity index (χ3n) is 1.95. The van der Waals surface area contributed by atoms with Gasteiger partial charge in [0, 0.05) is 0 Å². The predicted octanol–water partition coefficient (Wildman–Crippen LogP) is 4.32. The van der Waals surface area contributed by atoms with Crippen LogP contribution in [0.1, 0.15) is 27.7 Å². The lowest BCUT2D eigenvalue weighted by molar-refractivity contribution is -0.162. The van der Waals surface area contributed by atoms with Crippen LogP contribution in [-0.4, -0.2) is 17.7 Å². The van der Waals surface area contributed by atoms with Gasteiger partial charge >= 0.3 is 5.97 Å². The second-order valence-electron chi connectivity index (χ2n) is 4.84. The van der Waals surface area contributed by atoms with Crippen molar-refractivity contribution in [2.24, 2.45) is 0 Å². The summed E-state index contributed by atoms with van der Waals surface area (Å²) in [5.41, 5.74) is -0.514. The lowest BCUT2D eigenvalue weighted by Gasteiger charge is -2.23. The summed E-state index contributed by atoms with van der Waals surface area (Å²) in [7, 11) is 0. The van der Waals surface area contributed by atoms with Crippen LogP contribution in [0.2, 0.25) is 0 Å². The molecule has 0 aliphatic carbocycles. The smallest absolute Gasteiger partial charge is 0.347 e. The number of hydrogen-bond donors (Lipinski definition) is 0. The minimum Gasteiger partial charge on any atom is -0.477 e. The summed E-state index contributed by atoms with van der Waals surface area (Å²) >= 11 is 6.76. The zero-order valence-electron chi connectivity index (χ0n) is 10.8. The number of halogens is 2. The monoisotopic (exact) mass is 378 g/mol. The Morgan fingerprint density at radius 3 is 2.17 bits per heavy atom. The summed E-state index contributed by atoms with van der Waals surface area (Å²) in [6, 6.07) is 5.57. The first-order valence-corrected chi connectivity index (χ1v) is 7.13. The van der Waals surface area contributed by atoms with Crippen molar-refractivity contribution in [2.75, 3.05) is 0 Å². The van der Waals surface area contributed by atoms with Gasteiger partial charge in [-0.05, 0) is 71.7 Å². The highest BCUT2D eigenvalue weighted by Crippen LogP contribution is 2.33. The van der Waals surface area contributed by atoms with Gasteiger partial charge < -0.3 is 9.47 Å². The minimum absolute atomic E-state index is 0.384. The first kappa shape index (κ1) is 15.5. The Morgan fingerprint density at radius 2 is 1.72 bits per heavy atom. The van der Waals surface area contributed by atoms with E-state index >= 15 is 0 Å². The Hall–Kier alpha value is -0.550. The van der Waals surface area contributed by atoms with Crippen LogP contribution in [0.5, 0.6) is 5.75 Å². The lowest BCUT2D eigenvalue weighted by Crippen LogP contribution is -2.33. The molecule has 0 bridgehead atoms. The molecule has 0 radical (unpaired) electrons. The van der Waals surface area contributed by atoms with Crippen LogP contribution in [0.15, 0.2) is 27.1 Å². The standard InChI is InChI=1S/C13H16Br2O3/c1-8(12(16)18-13(2,3)4)17-11-9(14)6-5-7-10(11)15/h5-8H,1-4H3. The van der Waals surface area contributed by atoms with Crippen molar-refractivity contribution < 1.29 is 14.3 Å². The number of benzene rings is 1. The topological polar surface area (TPSA) is 35.5 Å². The molecule has 0 saturated heterocycles. The first-order valence-electron chi connectivity index (χ1n) is 5.54. The molecule has 0 saturated carbocycles. The van der Waals surface area contributed by atoms with Gasteiger partial charge in [0.05, 0.1) is 8.95 Å². The Kier molecular flexibility index (Phi) is 5.22. The Labute approximate surface area is 124 Å². The summed E-state index contributed by atoms with van der Waals surface area (Å²) in [5.74, 6) is 0.209. The quantitative estimate of drug-likeness (QED) is 0.733. The molecular weight excluding hydrogens is 364 g/mol. The SMILES string of the molecule is CC(Oc1c(Br)cccc1Br)C(=O)OC(C)(C)C. The average molecular weight is 380 g/mol. The van der Waals surface area contributed by atoms with E-state index in [2.05, 4.69) is 31.9 Å². The molecule has 1 atom stereocenters. The van der Waals surface area contributed by atoms with E-state index in [0.29, 0.717) is 5.75 Å². The summed E-state index contributed by atoms with van der Waals surface area (Å²) in [5, 5.41) is 0. The van der Waals surface area contributed by atoms with Crippen LogP contribution >= 0.6 is 31.9 Å². The third-order valence-corrected chi connectivity index (χ3v) is 3.20. The maximum Gasteiger partial charge on any atom is 0.347 e. The summed E-state index contributed by atoms with van der Waals surface area (Å²) in [6.07, 6.45) is -0.667. The van der Waals surface area contributed by atoms with Gasteiger partial charge in [-0.1, -0.05) is 6.07 Å². The van der Waals surface area contributed by atoms with Crippen molar-refractivity contribution >= 4 is 37.8 Å². The van der Waals surface area contributed by atoms with Crippen molar-refractivity contribution in [1.82, 2.24) is 0 Å². The largest absolute Gasteiger partial charge is 0.477 e. The van der Waals surface area contributed by atoms with Crippen LogP contribution in [0, 0.1) is 0 Å². The highest BCUT2D eigenvalue weighted by molar-refractivity contribution is 9.11. The highest BCUT2D eigenvalue weighted by Gasteiger charge is 2.24. The number of carbonyl (C=O) groups excluding carboxylic acids is 1. The fourth-order valence-electron chi connectivity index (χ4n) is 1.20. The van der Waals surface area contributed by atoms with Crippen LogP contribution in [0.25, 0.3) is 0 Å². The molecule has 1 aromatic carbocycles. The van der Waals surface area contributed by atoms with Crippen LogP contribution in [0.3, 0.4) is 0 Å². The van der Waals surface area contributed by atoms with E-state index in [9.17, 15) is 4.79 Å². The van der Waals surface area contributed by atoms with Crippen molar-refractivity contribution in [3.05, 3.63) is 27.1 Å². The number of rotatable bonds is 3. The summed E-state index contributed by atoms with van der Waals surface area (Å²) in [4.78, 5) is 11.8. The minimum atomic E-state index is -0.667. The van der Waals surface area contributed by atoms with Gasteiger partial charge in [0.15, 0.2) is 6.10 Å². The molecule has 5 heteroatoms. The summed E-state index contributed by atoms with van der Waals surface area (Å²) in [6.45, 7) is 7.14. The Bertz CT molecular complexity index is 418. The zero-order valence-corrected chi connectivity index (χ0v) is 14.0. The average Bonchev–Trinajstić information content (AvgIpc) is 2.21. The van der Waals surface area contributed by atoms with E-state index in [1.54, 1.807) is 6.92 Å². The maximum absolute atomic E-state index is 11.8. The molecule has 0 heterocycles. The van der Waals surface area contributed by atoms with Crippen LogP contribution in [-0.2, 0) is 9.53 Å². The van der Waals surface area contributed by atoms with E-state index in [1.807, 2.05) is 39.0 Å². The first-order chi connectivity index (χ1) is 8.20. The lowest BCUT2D eigenvalue weighted by atomic mass is 10.2. The molecule has 18 heavy (non-hydrogen) atoms. The normalized spacial score (nSPS) is 13.0. The van der Waals surface area contributed by atoms with Gasteiger partial charge in [0.2, 0.25) is 0 Å². The number of carbonyl (C=O) groups is 1. The van der Waals surface area contributed by atoms with Gasteiger partial charge in [-0.2, -0.15) is 0 Å². The van der Waals surface area contributed by atoms with E-state index in [0.717, 1.165) is 8.95 Å². The van der Waals surface area contributed by atoms with E-state index in [1.165, 1.54) is 0 Å². The van der Waals surface area contributed by atoms with Gasteiger partial charge in [-0.3, -0.25) is 0 Å². The Balaban J connectivity index is 2.76. The molecule has 0 fully saturated rings. The van der Waals surface area contributed by atoms with Crippen LogP contribution in [0.4, 0.5) is 0 Å². The second kappa shape index (κ2) is 6.06.